The van der Waals surface area contributed by atoms with Crippen LogP contribution in [0.5, 0.6) is 0 Å². The average molecular weight is 341 g/mol. The van der Waals surface area contributed by atoms with Gasteiger partial charge in [0.15, 0.2) is 0 Å². The molecule has 7 nitrogen and oxygen atoms in total. The van der Waals surface area contributed by atoms with Crippen LogP contribution in [-0.2, 0) is 4.74 Å². The molecule has 2 atom stereocenters. The number of carboxylic acids is 1. The Kier molecular flexibility index (Phi) is 4.44. The molecule has 0 unspecified atom stereocenters. The van der Waals surface area contributed by atoms with Crippen molar-refractivity contribution >= 4 is 23.5 Å². The molecule has 0 aromatic carbocycles. The summed E-state index contributed by atoms with van der Waals surface area (Å²) >= 11 is 6.08. The van der Waals surface area contributed by atoms with E-state index in [0.29, 0.717) is 24.3 Å². The first kappa shape index (κ1) is 15.7. The standard InChI is InChI=1S/C14H14ClFN4O3/c15-8-5-18-14(19-10-1-2-23-6-9(10)16)20-12(8)7-3-11(13(21)22)17-4-7/h3-5,9-10,17H,1-2,6H2,(H,21,22)(H,18,19,20)/t9-,10+/m1/s1. The number of H-pyrrole nitrogens is 1. The number of rotatable bonds is 4. The second kappa shape index (κ2) is 6.51. The molecule has 1 aliphatic heterocycles. The Morgan fingerprint density at radius 2 is 2.39 bits per heavy atom. The maximum Gasteiger partial charge on any atom is 0.352 e. The van der Waals surface area contributed by atoms with Crippen molar-refractivity contribution in [2.75, 3.05) is 18.5 Å². The molecular weight excluding hydrogens is 327 g/mol. The van der Waals surface area contributed by atoms with E-state index in [1.807, 2.05) is 0 Å². The topological polar surface area (TPSA) is 100 Å². The Bertz CT molecular complexity index is 724. The lowest BCUT2D eigenvalue weighted by molar-refractivity contribution is 0.0284. The van der Waals surface area contributed by atoms with Crippen molar-refractivity contribution in [2.24, 2.45) is 0 Å². The first-order chi connectivity index (χ1) is 11.0. The highest BCUT2D eigenvalue weighted by atomic mass is 35.5. The molecule has 3 heterocycles. The Hall–Kier alpha value is -2.19. The lowest BCUT2D eigenvalue weighted by Gasteiger charge is -2.26. The molecule has 0 amide bonds. The SMILES string of the molecule is O=C(O)c1cc(-c2nc(N[C@H]3CCOC[C@H]3F)ncc2Cl)c[nH]1. The van der Waals surface area contributed by atoms with Crippen molar-refractivity contribution in [3.05, 3.63) is 29.2 Å². The summed E-state index contributed by atoms with van der Waals surface area (Å²) in [6.45, 7) is 0.510. The number of halogens is 2. The van der Waals surface area contributed by atoms with E-state index >= 15 is 0 Å². The number of hydrogen-bond acceptors (Lipinski definition) is 5. The summed E-state index contributed by atoms with van der Waals surface area (Å²) in [6, 6.07) is 0.991. The van der Waals surface area contributed by atoms with Gasteiger partial charge in [-0.25, -0.2) is 19.2 Å². The Labute approximate surface area is 135 Å². The zero-order chi connectivity index (χ0) is 16.4. The zero-order valence-corrected chi connectivity index (χ0v) is 12.7. The molecule has 9 heteroatoms. The molecule has 2 aromatic rings. The van der Waals surface area contributed by atoms with E-state index in [-0.39, 0.29) is 23.3 Å². The van der Waals surface area contributed by atoms with Crippen molar-refractivity contribution < 1.29 is 19.0 Å². The van der Waals surface area contributed by atoms with Gasteiger partial charge in [-0.15, -0.1) is 0 Å². The highest BCUT2D eigenvalue weighted by Gasteiger charge is 2.26. The second-order valence-electron chi connectivity index (χ2n) is 5.13. The molecule has 0 spiro atoms. The minimum absolute atomic E-state index is 0.0254. The van der Waals surface area contributed by atoms with Crippen LogP contribution in [0.3, 0.4) is 0 Å². The number of nitrogens with one attached hydrogen (secondary N) is 2. The molecule has 2 aromatic heterocycles. The summed E-state index contributed by atoms with van der Waals surface area (Å²) in [5, 5.41) is 12.2. The van der Waals surface area contributed by atoms with E-state index in [1.54, 1.807) is 0 Å². The molecule has 3 N–H and O–H groups in total. The number of aromatic nitrogens is 3. The van der Waals surface area contributed by atoms with Gasteiger partial charge in [0.05, 0.1) is 29.6 Å². The van der Waals surface area contributed by atoms with E-state index in [1.165, 1.54) is 18.5 Å². The molecule has 0 saturated carbocycles. The maximum absolute atomic E-state index is 13.8. The summed E-state index contributed by atoms with van der Waals surface area (Å²) in [4.78, 5) is 21.9. The molecular formula is C14H14ClFN4O3. The van der Waals surface area contributed by atoms with Crippen LogP contribution in [0.4, 0.5) is 10.3 Å². The molecule has 23 heavy (non-hydrogen) atoms. The van der Waals surface area contributed by atoms with E-state index < -0.39 is 18.2 Å². The highest BCUT2D eigenvalue weighted by Crippen LogP contribution is 2.27. The number of aromatic amines is 1. The van der Waals surface area contributed by atoms with Crippen molar-refractivity contribution in [2.45, 2.75) is 18.6 Å². The summed E-state index contributed by atoms with van der Waals surface area (Å²) in [5.41, 5.74) is 0.912. The molecule has 1 aliphatic rings. The van der Waals surface area contributed by atoms with Crippen molar-refractivity contribution in [1.82, 2.24) is 15.0 Å². The van der Waals surface area contributed by atoms with Gasteiger partial charge in [0, 0.05) is 18.4 Å². The van der Waals surface area contributed by atoms with Gasteiger partial charge in [-0.1, -0.05) is 11.6 Å². The molecule has 0 aliphatic carbocycles. The average Bonchev–Trinajstić information content (AvgIpc) is 3.01. The monoisotopic (exact) mass is 340 g/mol. The van der Waals surface area contributed by atoms with E-state index in [0.717, 1.165) is 0 Å². The van der Waals surface area contributed by atoms with Gasteiger partial charge >= 0.3 is 5.97 Å². The predicted molar refractivity (Wildman–Crippen MR) is 81.5 cm³/mol. The Balaban J connectivity index is 1.85. The third-order valence-corrected chi connectivity index (χ3v) is 3.81. The van der Waals surface area contributed by atoms with Gasteiger partial charge in [-0.05, 0) is 12.5 Å². The third-order valence-electron chi connectivity index (χ3n) is 3.53. The first-order valence-electron chi connectivity index (χ1n) is 6.97. The van der Waals surface area contributed by atoms with E-state index in [2.05, 4.69) is 20.3 Å². The number of nitrogens with zero attached hydrogens (tertiary/aromatic N) is 2. The van der Waals surface area contributed by atoms with Crippen LogP contribution in [0.15, 0.2) is 18.5 Å². The second-order valence-corrected chi connectivity index (χ2v) is 5.53. The number of ether oxygens (including phenoxy) is 1. The maximum atomic E-state index is 13.8. The van der Waals surface area contributed by atoms with Crippen LogP contribution < -0.4 is 5.32 Å². The largest absolute Gasteiger partial charge is 0.477 e. The summed E-state index contributed by atoms with van der Waals surface area (Å²) < 4.78 is 18.8. The van der Waals surface area contributed by atoms with Crippen LogP contribution in [0.25, 0.3) is 11.3 Å². The smallest absolute Gasteiger partial charge is 0.352 e. The van der Waals surface area contributed by atoms with Crippen LogP contribution in [0.2, 0.25) is 5.02 Å². The first-order valence-corrected chi connectivity index (χ1v) is 7.35. The number of alkyl halides is 1. The summed E-state index contributed by atoms with van der Waals surface area (Å²) in [6.07, 6.45) is 2.26. The van der Waals surface area contributed by atoms with Gasteiger partial charge in [0.2, 0.25) is 5.95 Å². The molecule has 1 saturated heterocycles. The molecule has 0 bridgehead atoms. The van der Waals surface area contributed by atoms with Crippen molar-refractivity contribution in [3.63, 3.8) is 0 Å². The quantitative estimate of drug-likeness (QED) is 0.790. The lowest BCUT2D eigenvalue weighted by atomic mass is 10.1. The van der Waals surface area contributed by atoms with Gasteiger partial charge in [0.25, 0.3) is 0 Å². The minimum atomic E-state index is -1.14. The number of carboxylic acid groups (broad SMARTS) is 1. The Morgan fingerprint density at radius 1 is 1.57 bits per heavy atom. The summed E-state index contributed by atoms with van der Waals surface area (Å²) in [5.74, 6) is -0.848. The normalized spacial score (nSPS) is 21.1. The number of hydrogen-bond donors (Lipinski definition) is 3. The van der Waals surface area contributed by atoms with Gasteiger partial charge < -0.3 is 20.1 Å². The van der Waals surface area contributed by atoms with Crippen LogP contribution in [0.1, 0.15) is 16.9 Å². The highest BCUT2D eigenvalue weighted by molar-refractivity contribution is 6.32. The minimum Gasteiger partial charge on any atom is -0.477 e. The fraction of sp³-hybridized carbons (Fsp3) is 0.357. The van der Waals surface area contributed by atoms with Crippen molar-refractivity contribution in [1.29, 1.82) is 0 Å². The van der Waals surface area contributed by atoms with E-state index in [9.17, 15) is 9.18 Å². The molecule has 1 fully saturated rings. The predicted octanol–water partition coefficient (Wildman–Crippen LogP) is 2.36. The zero-order valence-electron chi connectivity index (χ0n) is 11.9. The van der Waals surface area contributed by atoms with Gasteiger partial charge in [-0.2, -0.15) is 0 Å². The van der Waals surface area contributed by atoms with Crippen LogP contribution in [0, 0.1) is 0 Å². The molecule has 3 rings (SSSR count). The Morgan fingerprint density at radius 3 is 3.09 bits per heavy atom. The fourth-order valence-corrected chi connectivity index (χ4v) is 2.53. The van der Waals surface area contributed by atoms with Gasteiger partial charge in [-0.3, -0.25) is 0 Å². The van der Waals surface area contributed by atoms with Gasteiger partial charge in [0.1, 0.15) is 11.9 Å². The molecule has 0 radical (unpaired) electrons. The van der Waals surface area contributed by atoms with Crippen LogP contribution >= 0.6 is 11.6 Å². The number of anilines is 1. The number of carbonyl (C=O) groups is 1. The fourth-order valence-electron chi connectivity index (χ4n) is 2.33. The van der Waals surface area contributed by atoms with E-state index in [4.69, 9.17) is 21.4 Å². The van der Waals surface area contributed by atoms with Crippen molar-refractivity contribution in [3.8, 4) is 11.3 Å². The lowest BCUT2D eigenvalue weighted by Crippen LogP contribution is -2.39. The summed E-state index contributed by atoms with van der Waals surface area (Å²) in [7, 11) is 0. The number of aromatic carboxylic acids is 1. The van der Waals surface area contributed by atoms with Crippen LogP contribution in [-0.4, -0.2) is 51.5 Å². The third kappa shape index (κ3) is 3.43. The molecule has 122 valence electrons.